The van der Waals surface area contributed by atoms with Crippen LogP contribution in [0.25, 0.3) is 0 Å². The minimum atomic E-state index is -0.609. The molecule has 26 heavy (non-hydrogen) atoms. The van der Waals surface area contributed by atoms with Crippen molar-refractivity contribution in [3.63, 3.8) is 0 Å². The van der Waals surface area contributed by atoms with Crippen LogP contribution in [-0.2, 0) is 19.1 Å². The first-order valence-electron chi connectivity index (χ1n) is 9.64. The molecule has 2 fully saturated rings. The summed E-state index contributed by atoms with van der Waals surface area (Å²) in [6, 6.07) is 0. The third-order valence-corrected chi connectivity index (χ3v) is 7.98. The predicted octanol–water partition coefficient (Wildman–Crippen LogP) is 4.00. The molecule has 2 saturated carbocycles. The number of fused-ring (bicyclic) bond motifs is 3. The molecule has 0 radical (unpaired) electrons. The molecule has 4 heteroatoms. The maximum Gasteiger partial charge on any atom is 0.308 e. The highest BCUT2D eigenvalue weighted by atomic mass is 16.5. The van der Waals surface area contributed by atoms with Crippen molar-refractivity contribution < 1.29 is 19.1 Å². The molecular formula is C22H28O4. The monoisotopic (exact) mass is 356 g/mol. The summed E-state index contributed by atoms with van der Waals surface area (Å²) in [7, 11) is 0. The fourth-order valence-corrected chi connectivity index (χ4v) is 6.75. The van der Waals surface area contributed by atoms with Crippen LogP contribution in [0.2, 0.25) is 0 Å². The summed E-state index contributed by atoms with van der Waals surface area (Å²) >= 11 is 0. The smallest absolute Gasteiger partial charge is 0.308 e. The number of ketones is 2. The molecule has 0 N–H and O–H groups in total. The number of allylic oxidation sites excluding steroid dienone is 4. The Balaban J connectivity index is 1.86. The molecule has 0 unspecified atom stereocenters. The van der Waals surface area contributed by atoms with E-state index < -0.39 is 11.4 Å². The van der Waals surface area contributed by atoms with Crippen LogP contribution in [0.15, 0.2) is 24.0 Å². The van der Waals surface area contributed by atoms with E-state index in [1.165, 1.54) is 6.92 Å². The minimum absolute atomic E-state index is 0.0161. The van der Waals surface area contributed by atoms with Crippen molar-refractivity contribution in [2.75, 3.05) is 0 Å². The Labute approximate surface area is 155 Å². The topological polar surface area (TPSA) is 60.4 Å². The molecule has 0 heterocycles. The van der Waals surface area contributed by atoms with E-state index in [1.807, 2.05) is 19.9 Å². The second-order valence-electron chi connectivity index (χ2n) is 9.95. The van der Waals surface area contributed by atoms with E-state index in [2.05, 4.69) is 26.0 Å². The van der Waals surface area contributed by atoms with Gasteiger partial charge in [-0.3, -0.25) is 14.4 Å². The molecule has 1 spiro atoms. The Morgan fingerprint density at radius 3 is 2.46 bits per heavy atom. The first kappa shape index (κ1) is 17.7. The molecule has 0 aromatic rings. The summed E-state index contributed by atoms with van der Waals surface area (Å²) in [5.41, 5.74) is -1.27. The van der Waals surface area contributed by atoms with E-state index in [1.54, 1.807) is 0 Å². The van der Waals surface area contributed by atoms with Crippen molar-refractivity contribution in [1.29, 1.82) is 0 Å². The van der Waals surface area contributed by atoms with Crippen molar-refractivity contribution in [3.05, 3.63) is 24.0 Å². The van der Waals surface area contributed by atoms with Gasteiger partial charge >= 0.3 is 5.97 Å². The standard InChI is InChI=1S/C22H28O4/c1-13(23)26-14-11-21(5)15(19(2,3)18(14)25)6-7-22-9-8-20(4,12-22)17(24)10-16(21)22/h8-9,11,15-16H,6-7,10,12H2,1-5H3/t15-,16+,20-,21-,22+/m0/s1. The average Bonchev–Trinajstić information content (AvgIpc) is 2.82. The van der Waals surface area contributed by atoms with Gasteiger partial charge in [0.2, 0.25) is 5.78 Å². The van der Waals surface area contributed by atoms with Crippen LogP contribution in [0.5, 0.6) is 0 Å². The SMILES string of the molecule is CC(=O)OC1=C[C@@]2(C)[C@@H](CC[C@@]34C=C[C@@](C)(C3)C(=O)C[C@@H]42)C(C)(C)C1=O. The second-order valence-corrected chi connectivity index (χ2v) is 9.95. The Morgan fingerprint density at radius 1 is 1.12 bits per heavy atom. The van der Waals surface area contributed by atoms with Crippen LogP contribution in [0, 0.1) is 33.5 Å². The molecule has 0 aromatic heterocycles. The van der Waals surface area contributed by atoms with Crippen LogP contribution >= 0.6 is 0 Å². The van der Waals surface area contributed by atoms with Crippen LogP contribution in [0.1, 0.15) is 60.3 Å². The molecule has 4 rings (SSSR count). The maximum atomic E-state index is 13.0. The van der Waals surface area contributed by atoms with E-state index in [0.717, 1.165) is 19.3 Å². The highest BCUT2D eigenvalue weighted by Crippen LogP contribution is 2.69. The van der Waals surface area contributed by atoms with Crippen molar-refractivity contribution in [3.8, 4) is 0 Å². The lowest BCUT2D eigenvalue weighted by atomic mass is 9.41. The summed E-state index contributed by atoms with van der Waals surface area (Å²) in [4.78, 5) is 37.4. The lowest BCUT2D eigenvalue weighted by molar-refractivity contribution is -0.157. The fourth-order valence-electron chi connectivity index (χ4n) is 6.75. The van der Waals surface area contributed by atoms with Gasteiger partial charge in [0, 0.05) is 24.2 Å². The van der Waals surface area contributed by atoms with Crippen LogP contribution in [0.4, 0.5) is 0 Å². The normalized spacial score (nSPS) is 45.7. The molecule has 0 amide bonds. The van der Waals surface area contributed by atoms with E-state index >= 15 is 0 Å². The Hall–Kier alpha value is -1.71. The predicted molar refractivity (Wildman–Crippen MR) is 96.9 cm³/mol. The van der Waals surface area contributed by atoms with Gasteiger partial charge in [-0.25, -0.2) is 0 Å². The molecule has 4 aliphatic rings. The Bertz CT molecular complexity index is 788. The number of ether oxygens (including phenoxy) is 1. The Kier molecular flexibility index (Phi) is 3.38. The number of carbonyl (C=O) groups is 3. The third-order valence-electron chi connectivity index (χ3n) is 7.98. The Morgan fingerprint density at radius 2 is 1.81 bits per heavy atom. The number of hydrogen-bond donors (Lipinski definition) is 0. The molecule has 5 atom stereocenters. The molecule has 0 aromatic carbocycles. The van der Waals surface area contributed by atoms with Crippen molar-refractivity contribution in [2.24, 2.45) is 33.5 Å². The molecule has 2 bridgehead atoms. The van der Waals surface area contributed by atoms with E-state index in [4.69, 9.17) is 4.74 Å². The highest BCUT2D eigenvalue weighted by molar-refractivity contribution is 6.01. The zero-order valence-electron chi connectivity index (χ0n) is 16.3. The summed E-state index contributed by atoms with van der Waals surface area (Å²) in [6.07, 6.45) is 9.67. The lowest BCUT2D eigenvalue weighted by Gasteiger charge is -2.61. The zero-order valence-corrected chi connectivity index (χ0v) is 16.3. The number of rotatable bonds is 1. The quantitative estimate of drug-likeness (QED) is 0.526. The van der Waals surface area contributed by atoms with Crippen molar-refractivity contribution in [1.82, 2.24) is 0 Å². The summed E-state index contributed by atoms with van der Waals surface area (Å²) in [5, 5.41) is 0. The van der Waals surface area contributed by atoms with E-state index in [9.17, 15) is 14.4 Å². The molecular weight excluding hydrogens is 328 g/mol. The zero-order chi connectivity index (χ0) is 19.1. The van der Waals surface area contributed by atoms with Gasteiger partial charge in [-0.2, -0.15) is 0 Å². The lowest BCUT2D eigenvalue weighted by Crippen LogP contribution is -2.59. The maximum absolute atomic E-state index is 13.0. The van der Waals surface area contributed by atoms with E-state index in [-0.39, 0.29) is 39.6 Å². The fraction of sp³-hybridized carbons (Fsp3) is 0.682. The van der Waals surface area contributed by atoms with Gasteiger partial charge in [0.15, 0.2) is 5.76 Å². The molecule has 140 valence electrons. The van der Waals surface area contributed by atoms with Crippen LogP contribution in [0.3, 0.4) is 0 Å². The molecule has 0 saturated heterocycles. The first-order chi connectivity index (χ1) is 11.9. The van der Waals surface area contributed by atoms with E-state index in [0.29, 0.717) is 12.2 Å². The van der Waals surface area contributed by atoms with Crippen molar-refractivity contribution in [2.45, 2.75) is 60.3 Å². The largest absolute Gasteiger partial charge is 0.423 e. The number of esters is 1. The van der Waals surface area contributed by atoms with Crippen LogP contribution < -0.4 is 0 Å². The minimum Gasteiger partial charge on any atom is -0.423 e. The first-order valence-corrected chi connectivity index (χ1v) is 9.64. The van der Waals surface area contributed by atoms with Gasteiger partial charge in [-0.05, 0) is 54.9 Å². The van der Waals surface area contributed by atoms with Gasteiger partial charge < -0.3 is 4.74 Å². The van der Waals surface area contributed by atoms with Crippen LogP contribution in [-0.4, -0.2) is 17.5 Å². The third kappa shape index (κ3) is 2.04. The van der Waals surface area contributed by atoms with Gasteiger partial charge in [0.05, 0.1) is 0 Å². The summed E-state index contributed by atoms with van der Waals surface area (Å²) in [6.45, 7) is 9.48. The molecule has 0 aliphatic heterocycles. The second kappa shape index (κ2) is 4.96. The number of hydrogen-bond acceptors (Lipinski definition) is 4. The molecule has 4 nitrogen and oxygen atoms in total. The molecule has 4 aliphatic carbocycles. The van der Waals surface area contributed by atoms with Gasteiger partial charge in [0.1, 0.15) is 5.78 Å². The van der Waals surface area contributed by atoms with Crippen molar-refractivity contribution >= 4 is 17.5 Å². The van der Waals surface area contributed by atoms with Gasteiger partial charge in [-0.15, -0.1) is 0 Å². The average molecular weight is 356 g/mol. The highest BCUT2D eigenvalue weighted by Gasteiger charge is 2.66. The number of carbonyl (C=O) groups excluding carboxylic acids is 3. The summed E-state index contributed by atoms with van der Waals surface area (Å²) < 4.78 is 5.33. The summed E-state index contributed by atoms with van der Waals surface area (Å²) in [5.74, 6) is 0.183. The van der Waals surface area contributed by atoms with Gasteiger partial charge in [-0.1, -0.05) is 32.9 Å². The van der Waals surface area contributed by atoms with Gasteiger partial charge in [0.25, 0.3) is 0 Å². The number of Topliss-reactive ketones (excluding diaryl/α,β-unsaturated/α-hetero) is 2.